The highest BCUT2D eigenvalue weighted by atomic mass is 28.2. The van der Waals surface area contributed by atoms with Gasteiger partial charge in [0, 0.05) is 5.56 Å². The molecule has 2 aromatic carbocycles. The first-order valence-corrected chi connectivity index (χ1v) is 12.2. The molecule has 0 spiro atoms. The molecule has 3 nitrogen and oxygen atoms in total. The summed E-state index contributed by atoms with van der Waals surface area (Å²) in [6.45, 7) is 18.3. The van der Waals surface area contributed by atoms with Gasteiger partial charge >= 0.3 is 0 Å². The highest BCUT2D eigenvalue weighted by Gasteiger charge is 2.33. The molecule has 174 valence electrons. The molecule has 0 bridgehead atoms. The van der Waals surface area contributed by atoms with Crippen molar-refractivity contribution in [1.29, 1.82) is 0 Å². The highest BCUT2D eigenvalue weighted by molar-refractivity contribution is 6.31. The molecule has 5 heteroatoms. The van der Waals surface area contributed by atoms with Crippen LogP contribution in [0.5, 0.6) is 5.75 Å². The third kappa shape index (κ3) is 6.18. The van der Waals surface area contributed by atoms with Gasteiger partial charge in [-0.1, -0.05) is 45.1 Å². The minimum Gasteiger partial charge on any atom is -0.497 e. The molecule has 2 rings (SSSR count). The summed E-state index contributed by atoms with van der Waals surface area (Å²) in [6, 6.07) is 10.4. The highest BCUT2D eigenvalue weighted by Crippen LogP contribution is 2.41. The number of ether oxygens (including phenoxy) is 1. The summed E-state index contributed by atoms with van der Waals surface area (Å²) in [4.78, 5) is 0. The standard InChI is InChI=1S/C27H37FO3Si/c1-9-15-27(29,16-10-2)23-17-19(26(6,7)31-32-25(3,4)5)11-13-21(23)22-18-20(30-8)12-14-24(22)28/h9-14,17-18,29H,1-2,15-16,32H2,3-8H3. The van der Waals surface area contributed by atoms with Gasteiger partial charge < -0.3 is 14.3 Å². The maximum absolute atomic E-state index is 14.9. The van der Waals surface area contributed by atoms with Crippen molar-refractivity contribution in [3.8, 4) is 16.9 Å². The lowest BCUT2D eigenvalue weighted by Gasteiger charge is -2.34. The number of methoxy groups -OCH3 is 1. The largest absolute Gasteiger partial charge is 0.497 e. The van der Waals surface area contributed by atoms with Gasteiger partial charge in [-0.3, -0.25) is 0 Å². The summed E-state index contributed by atoms with van der Waals surface area (Å²) in [5, 5.41) is 11.8. The van der Waals surface area contributed by atoms with E-state index in [-0.39, 0.29) is 10.9 Å². The van der Waals surface area contributed by atoms with E-state index in [0.29, 0.717) is 35.3 Å². The molecule has 0 saturated carbocycles. The number of hydrogen-bond donors (Lipinski definition) is 1. The second kappa shape index (κ2) is 10.2. The van der Waals surface area contributed by atoms with Crippen molar-refractivity contribution in [2.75, 3.05) is 7.11 Å². The first-order valence-electron chi connectivity index (χ1n) is 10.9. The van der Waals surface area contributed by atoms with E-state index in [1.165, 1.54) is 6.07 Å². The number of aliphatic hydroxyl groups is 1. The van der Waals surface area contributed by atoms with Crippen LogP contribution < -0.4 is 4.74 Å². The zero-order chi connectivity index (χ0) is 24.2. The lowest BCUT2D eigenvalue weighted by Crippen LogP contribution is -2.30. The summed E-state index contributed by atoms with van der Waals surface area (Å²) in [5.41, 5.74) is 0.726. The van der Waals surface area contributed by atoms with E-state index in [4.69, 9.17) is 9.16 Å². The van der Waals surface area contributed by atoms with E-state index in [0.717, 1.165) is 5.56 Å². The van der Waals surface area contributed by atoms with Crippen LogP contribution in [0.2, 0.25) is 5.04 Å². The van der Waals surface area contributed by atoms with E-state index < -0.39 is 21.0 Å². The molecule has 0 aliphatic heterocycles. The molecule has 0 aromatic heterocycles. The van der Waals surface area contributed by atoms with Gasteiger partial charge in [-0.15, -0.1) is 13.2 Å². The van der Waals surface area contributed by atoms with Crippen molar-refractivity contribution >= 4 is 9.76 Å². The molecule has 0 amide bonds. The van der Waals surface area contributed by atoms with E-state index >= 15 is 0 Å². The molecule has 1 N–H and O–H groups in total. The van der Waals surface area contributed by atoms with Gasteiger partial charge in [-0.05, 0) is 72.7 Å². The lowest BCUT2D eigenvalue weighted by atomic mass is 9.80. The second-order valence-corrected chi connectivity index (χ2v) is 12.7. The molecular formula is C27H37FO3Si. The van der Waals surface area contributed by atoms with E-state index in [1.54, 1.807) is 31.4 Å². The van der Waals surface area contributed by atoms with Crippen LogP contribution in [-0.4, -0.2) is 22.0 Å². The summed E-state index contributed by atoms with van der Waals surface area (Å²) >= 11 is 0. The Morgan fingerprint density at radius 1 is 0.969 bits per heavy atom. The Balaban J connectivity index is 2.73. The molecule has 2 aromatic rings. The van der Waals surface area contributed by atoms with Crippen molar-refractivity contribution in [3.05, 3.63) is 78.7 Å². The molecule has 0 unspecified atom stereocenters. The van der Waals surface area contributed by atoms with Crippen LogP contribution in [-0.2, 0) is 15.6 Å². The number of halogens is 1. The van der Waals surface area contributed by atoms with E-state index in [2.05, 4.69) is 33.9 Å². The maximum Gasteiger partial charge on any atom is 0.168 e. The first kappa shape index (κ1) is 26.0. The van der Waals surface area contributed by atoms with Crippen LogP contribution in [0.4, 0.5) is 4.39 Å². The van der Waals surface area contributed by atoms with Crippen LogP contribution in [0.15, 0.2) is 61.7 Å². The third-order valence-electron chi connectivity index (χ3n) is 5.51. The fourth-order valence-electron chi connectivity index (χ4n) is 3.64. The smallest absolute Gasteiger partial charge is 0.168 e. The van der Waals surface area contributed by atoms with Gasteiger partial charge in [-0.2, -0.15) is 0 Å². The monoisotopic (exact) mass is 456 g/mol. The van der Waals surface area contributed by atoms with Crippen molar-refractivity contribution in [1.82, 2.24) is 0 Å². The molecular weight excluding hydrogens is 419 g/mol. The van der Waals surface area contributed by atoms with Crippen LogP contribution in [0.1, 0.15) is 58.6 Å². The van der Waals surface area contributed by atoms with E-state index in [9.17, 15) is 9.50 Å². The summed E-state index contributed by atoms with van der Waals surface area (Å²) < 4.78 is 26.6. The van der Waals surface area contributed by atoms with Gasteiger partial charge in [0.1, 0.15) is 11.6 Å². The predicted octanol–water partition coefficient (Wildman–Crippen LogP) is 6.40. The summed E-state index contributed by atoms with van der Waals surface area (Å²) in [5.74, 6) is 0.169. The average Bonchev–Trinajstić information content (AvgIpc) is 2.72. The van der Waals surface area contributed by atoms with Gasteiger partial charge in [0.2, 0.25) is 0 Å². The Bertz CT molecular complexity index is 950. The van der Waals surface area contributed by atoms with Crippen LogP contribution >= 0.6 is 0 Å². The predicted molar refractivity (Wildman–Crippen MR) is 134 cm³/mol. The molecule has 0 fully saturated rings. The number of hydrogen-bond acceptors (Lipinski definition) is 3. The van der Waals surface area contributed by atoms with Gasteiger partial charge in [0.15, 0.2) is 9.76 Å². The first-order chi connectivity index (χ1) is 14.9. The zero-order valence-electron chi connectivity index (χ0n) is 20.3. The Labute approximate surface area is 194 Å². The Hall–Kier alpha value is -2.21. The molecule has 0 saturated heterocycles. The Morgan fingerprint density at radius 3 is 2.12 bits per heavy atom. The fourth-order valence-corrected chi connectivity index (χ4v) is 4.60. The van der Waals surface area contributed by atoms with E-state index in [1.807, 2.05) is 32.0 Å². The normalized spacial score (nSPS) is 12.9. The van der Waals surface area contributed by atoms with Gasteiger partial charge in [0.25, 0.3) is 0 Å². The minimum absolute atomic E-state index is 0.149. The van der Waals surface area contributed by atoms with Crippen molar-refractivity contribution in [2.24, 2.45) is 0 Å². The maximum atomic E-state index is 14.9. The lowest BCUT2D eigenvalue weighted by molar-refractivity contribution is 0.0429. The van der Waals surface area contributed by atoms with Crippen molar-refractivity contribution < 1.29 is 18.7 Å². The van der Waals surface area contributed by atoms with Crippen molar-refractivity contribution in [2.45, 2.75) is 63.7 Å². The Kier molecular flexibility index (Phi) is 8.26. The van der Waals surface area contributed by atoms with Gasteiger partial charge in [-0.25, -0.2) is 4.39 Å². The quantitative estimate of drug-likeness (QED) is 0.332. The minimum atomic E-state index is -1.28. The SMILES string of the molecule is C=CCC(O)(CC=C)c1cc(C(C)(C)O[SiH2]C(C)(C)C)ccc1-c1cc(OC)ccc1F. The van der Waals surface area contributed by atoms with Crippen molar-refractivity contribution in [3.63, 3.8) is 0 Å². The zero-order valence-corrected chi connectivity index (χ0v) is 21.7. The molecule has 0 heterocycles. The fraction of sp³-hybridized carbons (Fsp3) is 0.407. The van der Waals surface area contributed by atoms with Crippen LogP contribution in [0.3, 0.4) is 0 Å². The third-order valence-corrected chi connectivity index (χ3v) is 7.24. The molecule has 0 aliphatic rings. The Morgan fingerprint density at radius 2 is 1.59 bits per heavy atom. The van der Waals surface area contributed by atoms with Crippen LogP contribution in [0, 0.1) is 5.82 Å². The summed E-state index contributed by atoms with van der Waals surface area (Å²) in [7, 11) is 0.737. The summed E-state index contributed by atoms with van der Waals surface area (Å²) in [6.07, 6.45) is 3.96. The van der Waals surface area contributed by atoms with Gasteiger partial charge in [0.05, 0.1) is 18.3 Å². The number of rotatable bonds is 10. The molecule has 32 heavy (non-hydrogen) atoms. The van der Waals surface area contributed by atoms with Crippen LogP contribution in [0.25, 0.3) is 11.1 Å². The molecule has 0 radical (unpaired) electrons. The number of benzene rings is 2. The molecule has 0 aliphatic carbocycles. The molecule has 0 atom stereocenters. The topological polar surface area (TPSA) is 38.7 Å². The average molecular weight is 457 g/mol. The second-order valence-electron chi connectivity index (χ2n) is 9.98.